The molecule has 116 valence electrons. The molecular formula is C17H18FNO3. The Labute approximate surface area is 128 Å². The highest BCUT2D eigenvalue weighted by Gasteiger charge is 2.12. The monoisotopic (exact) mass is 303 g/mol. The van der Waals surface area contributed by atoms with Gasteiger partial charge in [-0.05, 0) is 29.3 Å². The summed E-state index contributed by atoms with van der Waals surface area (Å²) in [5.74, 6) is -0.118. The first-order valence-corrected chi connectivity index (χ1v) is 6.92. The fraction of sp³-hybridized carbons (Fsp3) is 0.235. The average Bonchev–Trinajstić information content (AvgIpc) is 2.55. The second kappa shape index (κ2) is 7.56. The van der Waals surface area contributed by atoms with Gasteiger partial charge in [0.05, 0.1) is 19.6 Å². The molecule has 1 unspecified atom stereocenters. The van der Waals surface area contributed by atoms with Crippen LogP contribution in [0, 0.1) is 5.82 Å². The number of rotatable bonds is 6. The third kappa shape index (κ3) is 4.30. The van der Waals surface area contributed by atoms with Crippen molar-refractivity contribution in [2.45, 2.75) is 12.5 Å². The molecule has 0 fully saturated rings. The first-order chi connectivity index (χ1) is 10.6. The Kier molecular flexibility index (Phi) is 5.49. The van der Waals surface area contributed by atoms with Crippen LogP contribution in [0.4, 0.5) is 4.39 Å². The molecule has 0 saturated carbocycles. The van der Waals surface area contributed by atoms with Crippen LogP contribution in [0.2, 0.25) is 0 Å². The summed E-state index contributed by atoms with van der Waals surface area (Å²) >= 11 is 0. The number of benzene rings is 2. The van der Waals surface area contributed by atoms with Crippen LogP contribution < -0.4 is 10.1 Å². The molecule has 2 aromatic carbocycles. The number of hydrogen-bond donors (Lipinski definition) is 2. The predicted octanol–water partition coefficient (Wildman–Crippen LogP) is 2.23. The minimum absolute atomic E-state index is 0.0560. The summed E-state index contributed by atoms with van der Waals surface area (Å²) in [5.41, 5.74) is 0.974. The molecule has 22 heavy (non-hydrogen) atoms. The number of hydrogen-bond acceptors (Lipinski definition) is 3. The van der Waals surface area contributed by atoms with Crippen molar-refractivity contribution >= 4 is 5.91 Å². The van der Waals surface area contributed by atoms with Gasteiger partial charge in [0.25, 0.3) is 0 Å². The molecule has 4 nitrogen and oxygen atoms in total. The van der Waals surface area contributed by atoms with Crippen LogP contribution in [-0.2, 0) is 11.2 Å². The van der Waals surface area contributed by atoms with Crippen LogP contribution >= 0.6 is 0 Å². The normalized spacial score (nSPS) is 11.8. The minimum atomic E-state index is -0.848. The molecule has 1 amide bonds. The van der Waals surface area contributed by atoms with Gasteiger partial charge in [0.2, 0.25) is 5.91 Å². The third-order valence-electron chi connectivity index (χ3n) is 3.28. The molecule has 2 aromatic rings. The maximum Gasteiger partial charge on any atom is 0.224 e. The summed E-state index contributed by atoms with van der Waals surface area (Å²) in [7, 11) is 1.54. The highest BCUT2D eigenvalue weighted by Crippen LogP contribution is 2.18. The van der Waals surface area contributed by atoms with Crippen molar-refractivity contribution in [2.24, 2.45) is 0 Å². The van der Waals surface area contributed by atoms with E-state index in [4.69, 9.17) is 4.74 Å². The zero-order chi connectivity index (χ0) is 15.9. The quantitative estimate of drug-likeness (QED) is 0.860. The van der Waals surface area contributed by atoms with Gasteiger partial charge < -0.3 is 15.2 Å². The van der Waals surface area contributed by atoms with Crippen molar-refractivity contribution in [2.75, 3.05) is 13.7 Å². The summed E-state index contributed by atoms with van der Waals surface area (Å²) in [5, 5.41) is 12.7. The van der Waals surface area contributed by atoms with Crippen LogP contribution in [0.3, 0.4) is 0 Å². The van der Waals surface area contributed by atoms with Crippen LogP contribution in [0.5, 0.6) is 5.75 Å². The molecule has 0 heterocycles. The molecule has 1 atom stereocenters. The van der Waals surface area contributed by atoms with E-state index in [9.17, 15) is 14.3 Å². The molecule has 2 rings (SSSR count). The SMILES string of the molecule is COc1cccc(C(O)CNC(=O)Cc2ccccc2F)c1. The molecule has 0 aliphatic carbocycles. The predicted molar refractivity (Wildman–Crippen MR) is 81.1 cm³/mol. The van der Waals surface area contributed by atoms with Gasteiger partial charge in [-0.25, -0.2) is 4.39 Å². The molecule has 0 aliphatic rings. The number of carbonyl (C=O) groups excluding carboxylic acids is 1. The summed E-state index contributed by atoms with van der Waals surface area (Å²) < 4.78 is 18.5. The maximum atomic E-state index is 13.5. The van der Waals surface area contributed by atoms with Crippen molar-refractivity contribution in [3.8, 4) is 5.75 Å². The summed E-state index contributed by atoms with van der Waals surface area (Å²) in [6.45, 7) is 0.0560. The van der Waals surface area contributed by atoms with E-state index < -0.39 is 11.9 Å². The number of aliphatic hydroxyl groups is 1. The van der Waals surface area contributed by atoms with Gasteiger partial charge in [-0.2, -0.15) is 0 Å². The fourth-order valence-corrected chi connectivity index (χ4v) is 2.05. The van der Waals surface area contributed by atoms with Gasteiger partial charge in [-0.3, -0.25) is 4.79 Å². The molecule has 0 radical (unpaired) electrons. The van der Waals surface area contributed by atoms with E-state index in [-0.39, 0.29) is 18.9 Å². The second-order valence-corrected chi connectivity index (χ2v) is 4.86. The van der Waals surface area contributed by atoms with E-state index >= 15 is 0 Å². The van der Waals surface area contributed by atoms with Crippen LogP contribution in [-0.4, -0.2) is 24.7 Å². The van der Waals surface area contributed by atoms with E-state index in [0.717, 1.165) is 0 Å². The van der Waals surface area contributed by atoms with E-state index in [2.05, 4.69) is 5.32 Å². The van der Waals surface area contributed by atoms with Crippen molar-refractivity contribution in [1.29, 1.82) is 0 Å². The standard InChI is InChI=1S/C17H18FNO3/c1-22-14-7-4-6-13(9-14)16(20)11-19-17(21)10-12-5-2-3-8-15(12)18/h2-9,16,20H,10-11H2,1H3,(H,19,21). The Bertz CT molecular complexity index is 645. The van der Waals surface area contributed by atoms with Gasteiger partial charge in [0, 0.05) is 6.54 Å². The number of halogens is 1. The zero-order valence-corrected chi connectivity index (χ0v) is 12.3. The topological polar surface area (TPSA) is 58.6 Å². The molecule has 0 saturated heterocycles. The van der Waals surface area contributed by atoms with E-state index in [1.54, 1.807) is 49.6 Å². The Morgan fingerprint density at radius 2 is 2.05 bits per heavy atom. The smallest absolute Gasteiger partial charge is 0.224 e. The second-order valence-electron chi connectivity index (χ2n) is 4.86. The lowest BCUT2D eigenvalue weighted by Crippen LogP contribution is -2.29. The summed E-state index contributed by atoms with van der Waals surface area (Å²) in [6, 6.07) is 13.1. The van der Waals surface area contributed by atoms with Crippen molar-refractivity contribution < 1.29 is 19.0 Å². The molecule has 2 N–H and O–H groups in total. The Hall–Kier alpha value is -2.40. The number of methoxy groups -OCH3 is 1. The van der Waals surface area contributed by atoms with Crippen LogP contribution in [0.1, 0.15) is 17.2 Å². The first-order valence-electron chi connectivity index (χ1n) is 6.92. The van der Waals surface area contributed by atoms with E-state index in [1.165, 1.54) is 6.07 Å². The molecule has 0 spiro atoms. The lowest BCUT2D eigenvalue weighted by atomic mass is 10.1. The van der Waals surface area contributed by atoms with Crippen LogP contribution in [0.25, 0.3) is 0 Å². The van der Waals surface area contributed by atoms with Gasteiger partial charge >= 0.3 is 0 Å². The maximum absolute atomic E-state index is 13.5. The summed E-state index contributed by atoms with van der Waals surface area (Å²) in [4.78, 5) is 11.8. The Balaban J connectivity index is 1.89. The average molecular weight is 303 g/mol. The number of nitrogens with one attached hydrogen (secondary N) is 1. The Morgan fingerprint density at radius 1 is 1.27 bits per heavy atom. The number of ether oxygens (including phenoxy) is 1. The van der Waals surface area contributed by atoms with Crippen molar-refractivity contribution in [3.05, 3.63) is 65.5 Å². The zero-order valence-electron chi connectivity index (χ0n) is 12.3. The highest BCUT2D eigenvalue weighted by molar-refractivity contribution is 5.78. The molecule has 0 aliphatic heterocycles. The lowest BCUT2D eigenvalue weighted by Gasteiger charge is -2.13. The van der Waals surface area contributed by atoms with Gasteiger partial charge in [0.15, 0.2) is 0 Å². The third-order valence-corrected chi connectivity index (χ3v) is 3.28. The van der Waals surface area contributed by atoms with Gasteiger partial charge in [-0.15, -0.1) is 0 Å². The number of amides is 1. The summed E-state index contributed by atoms with van der Waals surface area (Å²) in [6.07, 6.45) is -0.906. The van der Waals surface area contributed by atoms with Crippen LogP contribution in [0.15, 0.2) is 48.5 Å². The molecular weight excluding hydrogens is 285 g/mol. The first kappa shape index (κ1) is 16.0. The lowest BCUT2D eigenvalue weighted by molar-refractivity contribution is -0.120. The van der Waals surface area contributed by atoms with E-state index in [1.807, 2.05) is 0 Å². The van der Waals surface area contributed by atoms with Gasteiger partial charge in [0.1, 0.15) is 11.6 Å². The number of carbonyl (C=O) groups is 1. The molecule has 5 heteroatoms. The number of aliphatic hydroxyl groups excluding tert-OH is 1. The highest BCUT2D eigenvalue weighted by atomic mass is 19.1. The largest absolute Gasteiger partial charge is 0.497 e. The van der Waals surface area contributed by atoms with Crippen molar-refractivity contribution in [1.82, 2.24) is 5.32 Å². The molecule has 0 bridgehead atoms. The minimum Gasteiger partial charge on any atom is -0.497 e. The fourth-order valence-electron chi connectivity index (χ4n) is 2.05. The Morgan fingerprint density at radius 3 is 2.77 bits per heavy atom. The molecule has 0 aromatic heterocycles. The van der Waals surface area contributed by atoms with Crippen molar-refractivity contribution in [3.63, 3.8) is 0 Å². The van der Waals surface area contributed by atoms with E-state index in [0.29, 0.717) is 16.9 Å². The van der Waals surface area contributed by atoms with Gasteiger partial charge in [-0.1, -0.05) is 30.3 Å².